The first-order valence-electron chi connectivity index (χ1n) is 6.08. The second-order valence-electron chi connectivity index (χ2n) is 4.16. The van der Waals surface area contributed by atoms with Gasteiger partial charge in [0.05, 0.1) is 15.5 Å². The van der Waals surface area contributed by atoms with Crippen molar-refractivity contribution in [2.45, 2.75) is 6.61 Å². The lowest BCUT2D eigenvalue weighted by atomic mass is 10.3. The lowest BCUT2D eigenvalue weighted by Gasteiger charge is -2.03. The summed E-state index contributed by atoms with van der Waals surface area (Å²) >= 11 is 3.23. The number of thiophene rings is 1. The van der Waals surface area contributed by atoms with E-state index in [-0.39, 0.29) is 5.69 Å². The third-order valence-electron chi connectivity index (χ3n) is 2.72. The quantitative estimate of drug-likeness (QED) is 0.518. The number of thiazole rings is 1. The Balaban J connectivity index is 1.64. The standard InChI is InChI=1S/C14H10N2O3S2/c17-16(18)11-3-5-12(6-4-11)19-8-10-9-21-14(15-10)13-2-1-7-20-13/h1-7,9H,8H2. The van der Waals surface area contributed by atoms with E-state index in [1.807, 2.05) is 22.9 Å². The summed E-state index contributed by atoms with van der Waals surface area (Å²) < 4.78 is 5.58. The molecule has 0 radical (unpaired) electrons. The Morgan fingerprint density at radius 2 is 2.00 bits per heavy atom. The van der Waals surface area contributed by atoms with Crippen molar-refractivity contribution in [1.82, 2.24) is 4.98 Å². The van der Waals surface area contributed by atoms with Crippen LogP contribution in [0, 0.1) is 10.1 Å². The number of ether oxygens (including phenoxy) is 1. The number of nitro groups is 1. The van der Waals surface area contributed by atoms with Crippen molar-refractivity contribution in [2.75, 3.05) is 0 Å². The zero-order valence-electron chi connectivity index (χ0n) is 10.8. The normalized spacial score (nSPS) is 10.5. The van der Waals surface area contributed by atoms with Crippen molar-refractivity contribution in [3.63, 3.8) is 0 Å². The number of benzene rings is 1. The van der Waals surface area contributed by atoms with Gasteiger partial charge in [0.25, 0.3) is 5.69 Å². The minimum Gasteiger partial charge on any atom is -0.487 e. The van der Waals surface area contributed by atoms with E-state index < -0.39 is 4.92 Å². The number of non-ortho nitro benzene ring substituents is 1. The summed E-state index contributed by atoms with van der Waals surface area (Å²) in [5.41, 5.74) is 0.901. The fraction of sp³-hybridized carbons (Fsp3) is 0.0714. The minimum absolute atomic E-state index is 0.0518. The molecule has 21 heavy (non-hydrogen) atoms. The van der Waals surface area contributed by atoms with E-state index >= 15 is 0 Å². The molecule has 3 aromatic rings. The molecule has 3 rings (SSSR count). The summed E-state index contributed by atoms with van der Waals surface area (Å²) in [6.45, 7) is 0.347. The Kier molecular flexibility index (Phi) is 3.94. The first kappa shape index (κ1) is 13.7. The number of rotatable bonds is 5. The molecule has 0 bridgehead atoms. The fourth-order valence-electron chi connectivity index (χ4n) is 1.71. The molecule has 106 valence electrons. The maximum Gasteiger partial charge on any atom is 0.269 e. The van der Waals surface area contributed by atoms with E-state index in [1.54, 1.807) is 34.8 Å². The number of nitro benzene ring substituents is 1. The van der Waals surface area contributed by atoms with Crippen LogP contribution in [0.3, 0.4) is 0 Å². The Morgan fingerprint density at radius 3 is 2.67 bits per heavy atom. The van der Waals surface area contributed by atoms with E-state index in [0.29, 0.717) is 12.4 Å². The second-order valence-corrected chi connectivity index (χ2v) is 5.97. The second kappa shape index (κ2) is 6.02. The first-order valence-corrected chi connectivity index (χ1v) is 7.84. The number of aromatic nitrogens is 1. The molecule has 0 aliphatic heterocycles. The molecule has 2 heterocycles. The van der Waals surface area contributed by atoms with Gasteiger partial charge in [-0.3, -0.25) is 10.1 Å². The Hall–Kier alpha value is -2.25. The van der Waals surface area contributed by atoms with Crippen LogP contribution >= 0.6 is 22.7 Å². The molecule has 0 atom stereocenters. The minimum atomic E-state index is -0.433. The summed E-state index contributed by atoms with van der Waals surface area (Å²) in [4.78, 5) is 15.8. The highest BCUT2D eigenvalue weighted by Crippen LogP contribution is 2.28. The number of nitrogens with zero attached hydrogens (tertiary/aromatic N) is 2. The molecular formula is C14H10N2O3S2. The molecule has 0 fully saturated rings. The van der Waals surface area contributed by atoms with Crippen molar-refractivity contribution in [2.24, 2.45) is 0 Å². The smallest absolute Gasteiger partial charge is 0.269 e. The van der Waals surface area contributed by atoms with E-state index in [9.17, 15) is 10.1 Å². The van der Waals surface area contributed by atoms with Gasteiger partial charge < -0.3 is 4.74 Å². The Bertz CT molecular complexity index is 736. The predicted molar refractivity (Wildman–Crippen MR) is 82.9 cm³/mol. The van der Waals surface area contributed by atoms with Crippen molar-refractivity contribution in [3.05, 3.63) is 63.0 Å². The van der Waals surface area contributed by atoms with Gasteiger partial charge in [-0.25, -0.2) is 4.98 Å². The maximum absolute atomic E-state index is 10.6. The molecule has 0 unspecified atom stereocenters. The largest absolute Gasteiger partial charge is 0.487 e. The van der Waals surface area contributed by atoms with Gasteiger partial charge in [-0.1, -0.05) is 6.07 Å². The molecule has 0 amide bonds. The molecule has 0 saturated carbocycles. The topological polar surface area (TPSA) is 65.3 Å². The summed E-state index contributed by atoms with van der Waals surface area (Å²) in [6, 6.07) is 10.1. The van der Waals surface area contributed by atoms with Crippen molar-refractivity contribution < 1.29 is 9.66 Å². The zero-order chi connectivity index (χ0) is 14.7. The van der Waals surface area contributed by atoms with Gasteiger partial charge in [-0.05, 0) is 23.6 Å². The number of hydrogen-bond acceptors (Lipinski definition) is 6. The Labute approximate surface area is 128 Å². The highest BCUT2D eigenvalue weighted by molar-refractivity contribution is 7.20. The Morgan fingerprint density at radius 1 is 1.19 bits per heavy atom. The molecule has 0 aliphatic carbocycles. The SMILES string of the molecule is O=[N+]([O-])c1ccc(OCc2csc(-c3cccs3)n2)cc1. The summed E-state index contributed by atoms with van der Waals surface area (Å²) in [5.74, 6) is 0.589. The van der Waals surface area contributed by atoms with Crippen LogP contribution in [0.15, 0.2) is 47.2 Å². The highest BCUT2D eigenvalue weighted by atomic mass is 32.1. The summed E-state index contributed by atoms with van der Waals surface area (Å²) in [6.07, 6.45) is 0. The monoisotopic (exact) mass is 318 g/mol. The summed E-state index contributed by atoms with van der Waals surface area (Å²) in [7, 11) is 0. The molecule has 2 aromatic heterocycles. The molecule has 0 saturated heterocycles. The zero-order valence-corrected chi connectivity index (χ0v) is 12.4. The van der Waals surface area contributed by atoms with Crippen molar-refractivity contribution >= 4 is 28.4 Å². The van der Waals surface area contributed by atoms with Crippen LogP contribution in [0.4, 0.5) is 5.69 Å². The molecule has 0 spiro atoms. The van der Waals surface area contributed by atoms with Crippen LogP contribution in [0.1, 0.15) is 5.69 Å². The molecule has 0 N–H and O–H groups in total. The molecule has 1 aromatic carbocycles. The van der Waals surface area contributed by atoms with Crippen LogP contribution in [-0.4, -0.2) is 9.91 Å². The highest BCUT2D eigenvalue weighted by Gasteiger charge is 2.07. The van der Waals surface area contributed by atoms with Crippen LogP contribution in [0.5, 0.6) is 5.75 Å². The lowest BCUT2D eigenvalue weighted by Crippen LogP contribution is -1.96. The van der Waals surface area contributed by atoms with E-state index in [4.69, 9.17) is 4.74 Å². The lowest BCUT2D eigenvalue weighted by molar-refractivity contribution is -0.384. The number of hydrogen-bond donors (Lipinski definition) is 0. The van der Waals surface area contributed by atoms with E-state index in [0.717, 1.165) is 15.6 Å². The molecular weight excluding hydrogens is 308 g/mol. The first-order chi connectivity index (χ1) is 10.2. The van der Waals surface area contributed by atoms with Crippen molar-refractivity contribution in [3.8, 4) is 15.6 Å². The van der Waals surface area contributed by atoms with Crippen LogP contribution in [-0.2, 0) is 6.61 Å². The van der Waals surface area contributed by atoms with Gasteiger partial charge in [0.1, 0.15) is 17.4 Å². The molecule has 5 nitrogen and oxygen atoms in total. The predicted octanol–water partition coefficient (Wildman–Crippen LogP) is 4.36. The van der Waals surface area contributed by atoms with E-state index in [1.165, 1.54) is 12.1 Å². The van der Waals surface area contributed by atoms with Gasteiger partial charge in [-0.15, -0.1) is 22.7 Å². The fourth-order valence-corrected chi connectivity index (χ4v) is 3.33. The van der Waals surface area contributed by atoms with E-state index in [2.05, 4.69) is 4.98 Å². The maximum atomic E-state index is 10.6. The van der Waals surface area contributed by atoms with Gasteiger partial charge >= 0.3 is 0 Å². The summed E-state index contributed by atoms with van der Waals surface area (Å²) in [5, 5.41) is 15.5. The van der Waals surface area contributed by atoms with Crippen LogP contribution in [0.2, 0.25) is 0 Å². The molecule has 0 aliphatic rings. The van der Waals surface area contributed by atoms with Gasteiger partial charge in [0, 0.05) is 17.5 Å². The average molecular weight is 318 g/mol. The van der Waals surface area contributed by atoms with Crippen LogP contribution < -0.4 is 4.74 Å². The van der Waals surface area contributed by atoms with Gasteiger partial charge in [0.2, 0.25) is 0 Å². The van der Waals surface area contributed by atoms with Gasteiger partial charge in [0.15, 0.2) is 0 Å². The molecule has 7 heteroatoms. The van der Waals surface area contributed by atoms with Crippen LogP contribution in [0.25, 0.3) is 9.88 Å². The third-order valence-corrected chi connectivity index (χ3v) is 4.65. The average Bonchev–Trinajstić information content (AvgIpc) is 3.16. The van der Waals surface area contributed by atoms with Crippen molar-refractivity contribution in [1.29, 1.82) is 0 Å². The third kappa shape index (κ3) is 3.26. The van der Waals surface area contributed by atoms with Gasteiger partial charge in [-0.2, -0.15) is 0 Å².